The Morgan fingerprint density at radius 2 is 2.27 bits per heavy atom. The minimum absolute atomic E-state index is 0.0278. The van der Waals surface area contributed by atoms with Gasteiger partial charge in [-0.25, -0.2) is 0 Å². The lowest BCUT2D eigenvalue weighted by Crippen LogP contribution is -2.30. The Morgan fingerprint density at radius 1 is 1.64 bits per heavy atom. The smallest absolute Gasteiger partial charge is 0.233 e. The molecule has 0 fully saturated rings. The highest BCUT2D eigenvalue weighted by molar-refractivity contribution is 9.10. The van der Waals surface area contributed by atoms with Crippen molar-refractivity contribution in [3.63, 3.8) is 0 Å². The molecule has 0 saturated heterocycles. The number of halogens is 2. The van der Waals surface area contributed by atoms with Crippen LogP contribution < -0.4 is 5.32 Å². The largest absolute Gasteiger partial charge is 0.355 e. The Bertz CT molecular complexity index is 119. The zero-order chi connectivity index (χ0) is 8.69. The van der Waals surface area contributed by atoms with E-state index in [0.29, 0.717) is 6.54 Å². The summed E-state index contributed by atoms with van der Waals surface area (Å²) in [4.78, 5) is 11.0. The van der Waals surface area contributed by atoms with Gasteiger partial charge in [0.1, 0.15) is 0 Å². The molecule has 1 amide bonds. The molecule has 4 heteroatoms. The Kier molecular flexibility index (Phi) is 7.38. The molecule has 1 atom stereocenters. The summed E-state index contributed by atoms with van der Waals surface area (Å²) >= 11 is 6.63. The maximum Gasteiger partial charge on any atom is 0.233 e. The third-order valence-corrected chi connectivity index (χ3v) is 2.66. The van der Waals surface area contributed by atoms with Crippen LogP contribution in [-0.2, 0) is 4.79 Å². The van der Waals surface area contributed by atoms with E-state index in [1.807, 2.05) is 6.92 Å². The van der Waals surface area contributed by atoms with E-state index < -0.39 is 0 Å². The lowest BCUT2D eigenvalue weighted by molar-refractivity contribution is -0.120. The maximum absolute atomic E-state index is 11.1. The average Bonchev–Trinajstić information content (AvgIpc) is 2.00. The summed E-state index contributed by atoms with van der Waals surface area (Å²) in [6, 6.07) is 0. The van der Waals surface area contributed by atoms with Crippen LogP contribution in [0.25, 0.3) is 0 Å². The standard InChI is InChI=1S/C7H13Br2NO/c1-2-10-7(11)6(9)4-3-5-8/h6H,2-5H2,1H3,(H,10,11). The van der Waals surface area contributed by atoms with Crippen LogP contribution in [0.1, 0.15) is 19.8 Å². The van der Waals surface area contributed by atoms with Gasteiger partial charge >= 0.3 is 0 Å². The predicted molar refractivity (Wildman–Crippen MR) is 54.4 cm³/mol. The van der Waals surface area contributed by atoms with Gasteiger partial charge in [-0.15, -0.1) is 0 Å². The van der Waals surface area contributed by atoms with Crippen molar-refractivity contribution in [2.45, 2.75) is 24.6 Å². The van der Waals surface area contributed by atoms with Crippen molar-refractivity contribution in [2.24, 2.45) is 0 Å². The molecule has 0 aliphatic heterocycles. The third-order valence-electron chi connectivity index (χ3n) is 1.23. The maximum atomic E-state index is 11.1. The summed E-state index contributed by atoms with van der Waals surface area (Å²) in [6.45, 7) is 2.62. The van der Waals surface area contributed by atoms with E-state index in [-0.39, 0.29) is 10.7 Å². The molecule has 0 rings (SSSR count). The van der Waals surface area contributed by atoms with Crippen molar-refractivity contribution in [2.75, 3.05) is 11.9 Å². The van der Waals surface area contributed by atoms with Gasteiger partial charge in [-0.3, -0.25) is 4.79 Å². The molecule has 2 nitrogen and oxygen atoms in total. The fourth-order valence-corrected chi connectivity index (χ4v) is 1.48. The predicted octanol–water partition coefficient (Wildman–Crippen LogP) is 2.06. The second-order valence-electron chi connectivity index (χ2n) is 2.19. The van der Waals surface area contributed by atoms with Crippen molar-refractivity contribution in [3.05, 3.63) is 0 Å². The van der Waals surface area contributed by atoms with Gasteiger partial charge in [0, 0.05) is 11.9 Å². The van der Waals surface area contributed by atoms with E-state index in [2.05, 4.69) is 37.2 Å². The molecule has 0 aliphatic carbocycles. The zero-order valence-corrected chi connectivity index (χ0v) is 9.74. The molecule has 0 aromatic carbocycles. The summed E-state index contributed by atoms with van der Waals surface area (Å²) in [5.74, 6) is 0.0912. The van der Waals surface area contributed by atoms with E-state index in [9.17, 15) is 4.79 Å². The molecular formula is C7H13Br2NO. The second kappa shape index (κ2) is 7.10. The Balaban J connectivity index is 3.46. The molecule has 0 aliphatic rings. The van der Waals surface area contributed by atoms with Crippen molar-refractivity contribution < 1.29 is 4.79 Å². The lowest BCUT2D eigenvalue weighted by atomic mass is 10.2. The molecule has 0 bridgehead atoms. The highest BCUT2D eigenvalue weighted by Gasteiger charge is 2.11. The van der Waals surface area contributed by atoms with Crippen molar-refractivity contribution in [1.29, 1.82) is 0 Å². The molecule has 0 aromatic rings. The molecule has 1 unspecified atom stereocenters. The van der Waals surface area contributed by atoms with Crippen LogP contribution in [0.15, 0.2) is 0 Å². The SMILES string of the molecule is CCNC(=O)C(Br)CCCBr. The number of carbonyl (C=O) groups excluding carboxylic acids is 1. The number of hydrogen-bond donors (Lipinski definition) is 1. The molecule has 0 saturated carbocycles. The van der Waals surface area contributed by atoms with Crippen LogP contribution in [0.5, 0.6) is 0 Å². The number of carbonyl (C=O) groups is 1. The van der Waals surface area contributed by atoms with E-state index in [0.717, 1.165) is 18.2 Å². The molecule has 0 aromatic heterocycles. The first-order chi connectivity index (χ1) is 5.22. The first-order valence-electron chi connectivity index (χ1n) is 3.70. The highest BCUT2D eigenvalue weighted by Crippen LogP contribution is 2.08. The fraction of sp³-hybridized carbons (Fsp3) is 0.857. The van der Waals surface area contributed by atoms with Gasteiger partial charge in [0.05, 0.1) is 4.83 Å². The number of nitrogens with one attached hydrogen (secondary N) is 1. The van der Waals surface area contributed by atoms with E-state index in [1.165, 1.54) is 0 Å². The Hall–Kier alpha value is 0.430. The zero-order valence-electron chi connectivity index (χ0n) is 6.57. The topological polar surface area (TPSA) is 29.1 Å². The molecule has 66 valence electrons. The first-order valence-corrected chi connectivity index (χ1v) is 5.73. The summed E-state index contributed by atoms with van der Waals surface area (Å²) in [5, 5.41) is 3.71. The lowest BCUT2D eigenvalue weighted by Gasteiger charge is -2.07. The third kappa shape index (κ3) is 5.67. The van der Waals surface area contributed by atoms with Crippen LogP contribution in [0, 0.1) is 0 Å². The number of alkyl halides is 2. The molecule has 0 spiro atoms. The first kappa shape index (κ1) is 11.4. The van der Waals surface area contributed by atoms with Gasteiger partial charge in [0.2, 0.25) is 5.91 Å². The van der Waals surface area contributed by atoms with Gasteiger partial charge in [-0.1, -0.05) is 31.9 Å². The van der Waals surface area contributed by atoms with E-state index >= 15 is 0 Å². The Morgan fingerprint density at radius 3 is 2.73 bits per heavy atom. The summed E-state index contributed by atoms with van der Waals surface area (Å²) < 4.78 is 0. The molecular weight excluding hydrogens is 274 g/mol. The minimum atomic E-state index is -0.0278. The molecule has 1 N–H and O–H groups in total. The van der Waals surface area contributed by atoms with Crippen molar-refractivity contribution in [3.8, 4) is 0 Å². The number of rotatable bonds is 5. The van der Waals surface area contributed by atoms with E-state index in [1.54, 1.807) is 0 Å². The van der Waals surface area contributed by atoms with Gasteiger partial charge in [0.25, 0.3) is 0 Å². The van der Waals surface area contributed by atoms with Crippen LogP contribution in [0.3, 0.4) is 0 Å². The quantitative estimate of drug-likeness (QED) is 0.770. The summed E-state index contributed by atoms with van der Waals surface area (Å²) in [6.07, 6.45) is 1.91. The van der Waals surface area contributed by atoms with Gasteiger partial charge in [-0.05, 0) is 19.8 Å². The van der Waals surface area contributed by atoms with Gasteiger partial charge in [-0.2, -0.15) is 0 Å². The number of hydrogen-bond acceptors (Lipinski definition) is 1. The summed E-state index contributed by atoms with van der Waals surface area (Å²) in [5.41, 5.74) is 0. The highest BCUT2D eigenvalue weighted by atomic mass is 79.9. The van der Waals surface area contributed by atoms with Crippen LogP contribution in [0.4, 0.5) is 0 Å². The number of amides is 1. The molecule has 11 heavy (non-hydrogen) atoms. The summed E-state index contributed by atoms with van der Waals surface area (Å²) in [7, 11) is 0. The normalized spacial score (nSPS) is 12.6. The fourth-order valence-electron chi connectivity index (χ4n) is 0.672. The average molecular weight is 287 g/mol. The van der Waals surface area contributed by atoms with Crippen LogP contribution >= 0.6 is 31.9 Å². The monoisotopic (exact) mass is 285 g/mol. The van der Waals surface area contributed by atoms with Gasteiger partial charge < -0.3 is 5.32 Å². The minimum Gasteiger partial charge on any atom is -0.355 e. The van der Waals surface area contributed by atoms with E-state index in [4.69, 9.17) is 0 Å². The molecule has 0 heterocycles. The van der Waals surface area contributed by atoms with Crippen molar-refractivity contribution in [1.82, 2.24) is 5.32 Å². The van der Waals surface area contributed by atoms with Crippen LogP contribution in [0.2, 0.25) is 0 Å². The van der Waals surface area contributed by atoms with Gasteiger partial charge in [0.15, 0.2) is 0 Å². The molecule has 0 radical (unpaired) electrons. The second-order valence-corrected chi connectivity index (χ2v) is 4.09. The van der Waals surface area contributed by atoms with Crippen molar-refractivity contribution >= 4 is 37.8 Å². The Labute approximate surface area is 84.4 Å². The van der Waals surface area contributed by atoms with Crippen LogP contribution in [-0.4, -0.2) is 22.6 Å².